The molecule has 0 saturated carbocycles. The number of rotatable bonds is 3. The molecule has 0 radical (unpaired) electrons. The first-order chi connectivity index (χ1) is 7.66. The van der Waals surface area contributed by atoms with E-state index in [-0.39, 0.29) is 0 Å². The largest absolute Gasteiger partial charge is 0.371 e. The van der Waals surface area contributed by atoms with E-state index in [0.29, 0.717) is 12.2 Å². The van der Waals surface area contributed by atoms with E-state index >= 15 is 0 Å². The second-order valence-corrected chi connectivity index (χ2v) is 5.68. The van der Waals surface area contributed by atoms with Gasteiger partial charge in [0.25, 0.3) is 0 Å². The summed E-state index contributed by atoms with van der Waals surface area (Å²) in [5, 5.41) is 3.45. The first-order valence-corrected chi connectivity index (χ1v) is 6.77. The van der Waals surface area contributed by atoms with Crippen LogP contribution in [0.25, 0.3) is 0 Å². The summed E-state index contributed by atoms with van der Waals surface area (Å²) in [7, 11) is 0. The van der Waals surface area contributed by atoms with Crippen LogP contribution in [0.15, 0.2) is 0 Å². The lowest BCUT2D eigenvalue weighted by Gasteiger charge is -2.35. The molecule has 2 aliphatic rings. The number of likely N-dealkylation sites (tertiary alicyclic amines) is 1. The third-order valence-electron chi connectivity index (χ3n) is 3.85. The average Bonchev–Trinajstić information content (AvgIpc) is 2.66. The number of hydrogen-bond acceptors (Lipinski definition) is 3. The van der Waals surface area contributed by atoms with Crippen molar-refractivity contribution in [3.8, 4) is 0 Å². The minimum Gasteiger partial charge on any atom is -0.371 e. The average molecular weight is 226 g/mol. The number of nitrogens with zero attached hydrogens (tertiary/aromatic N) is 1. The molecule has 3 atom stereocenters. The lowest BCUT2D eigenvalue weighted by atomic mass is 10.0. The highest BCUT2D eigenvalue weighted by molar-refractivity contribution is 4.85. The molecular formula is C13H26N2O. The molecule has 2 rings (SSSR count). The molecule has 2 aliphatic heterocycles. The summed E-state index contributed by atoms with van der Waals surface area (Å²) in [4.78, 5) is 2.63. The van der Waals surface area contributed by atoms with Gasteiger partial charge in [-0.25, -0.2) is 0 Å². The van der Waals surface area contributed by atoms with E-state index in [2.05, 4.69) is 31.0 Å². The van der Waals surface area contributed by atoms with E-state index in [4.69, 9.17) is 4.74 Å². The summed E-state index contributed by atoms with van der Waals surface area (Å²) in [5.74, 6) is 0.775. The molecule has 2 heterocycles. The van der Waals surface area contributed by atoms with Crippen LogP contribution < -0.4 is 5.32 Å². The fourth-order valence-corrected chi connectivity index (χ4v) is 3.08. The lowest BCUT2D eigenvalue weighted by Crippen LogP contribution is -2.49. The van der Waals surface area contributed by atoms with E-state index in [1.807, 2.05) is 0 Å². The van der Waals surface area contributed by atoms with Gasteiger partial charge in [-0.2, -0.15) is 0 Å². The molecule has 0 bridgehead atoms. The van der Waals surface area contributed by atoms with Crippen LogP contribution in [0.3, 0.4) is 0 Å². The van der Waals surface area contributed by atoms with Crippen LogP contribution in [0.1, 0.15) is 33.6 Å². The van der Waals surface area contributed by atoms with E-state index in [1.165, 1.54) is 19.4 Å². The zero-order valence-corrected chi connectivity index (χ0v) is 10.9. The highest BCUT2D eigenvalue weighted by Crippen LogP contribution is 2.24. The second kappa shape index (κ2) is 5.48. The lowest BCUT2D eigenvalue weighted by molar-refractivity contribution is -0.0458. The van der Waals surface area contributed by atoms with Gasteiger partial charge in [0.15, 0.2) is 0 Å². The predicted octanol–water partition coefficient (Wildman–Crippen LogP) is 1.48. The van der Waals surface area contributed by atoms with Crippen molar-refractivity contribution in [2.24, 2.45) is 5.92 Å². The molecule has 2 fully saturated rings. The van der Waals surface area contributed by atoms with Gasteiger partial charge in [-0.1, -0.05) is 13.8 Å². The van der Waals surface area contributed by atoms with Gasteiger partial charge < -0.3 is 10.1 Å². The van der Waals surface area contributed by atoms with Crippen molar-refractivity contribution in [3.05, 3.63) is 0 Å². The van der Waals surface area contributed by atoms with Crippen molar-refractivity contribution in [2.75, 3.05) is 26.2 Å². The molecule has 0 aromatic rings. The molecule has 2 saturated heterocycles. The van der Waals surface area contributed by atoms with E-state index < -0.39 is 0 Å². The number of nitrogens with one attached hydrogen (secondary N) is 1. The molecule has 0 aromatic heterocycles. The van der Waals surface area contributed by atoms with Crippen LogP contribution in [-0.4, -0.2) is 49.3 Å². The fraction of sp³-hybridized carbons (Fsp3) is 1.00. The van der Waals surface area contributed by atoms with Crippen molar-refractivity contribution < 1.29 is 4.74 Å². The summed E-state index contributed by atoms with van der Waals surface area (Å²) in [6.07, 6.45) is 3.49. The molecule has 1 unspecified atom stereocenters. The van der Waals surface area contributed by atoms with E-state index in [9.17, 15) is 0 Å². The molecule has 0 aromatic carbocycles. The van der Waals surface area contributed by atoms with Gasteiger partial charge >= 0.3 is 0 Å². The van der Waals surface area contributed by atoms with Crippen LogP contribution in [0.4, 0.5) is 0 Å². The molecule has 3 nitrogen and oxygen atoms in total. The monoisotopic (exact) mass is 226 g/mol. The quantitative estimate of drug-likeness (QED) is 0.789. The van der Waals surface area contributed by atoms with Gasteiger partial charge in [0.2, 0.25) is 0 Å². The third kappa shape index (κ3) is 2.96. The molecule has 0 aliphatic carbocycles. The Morgan fingerprint density at radius 2 is 2.19 bits per heavy atom. The minimum absolute atomic E-state index is 0.374. The number of hydrogen-bond donors (Lipinski definition) is 1. The maximum Gasteiger partial charge on any atom is 0.0830 e. The Hall–Kier alpha value is -0.120. The van der Waals surface area contributed by atoms with Crippen LogP contribution in [-0.2, 0) is 4.74 Å². The smallest absolute Gasteiger partial charge is 0.0830 e. The van der Waals surface area contributed by atoms with Crippen LogP contribution in [0, 0.1) is 5.92 Å². The topological polar surface area (TPSA) is 24.5 Å². The Morgan fingerprint density at radius 1 is 1.38 bits per heavy atom. The molecule has 94 valence electrons. The number of ether oxygens (including phenoxy) is 1. The minimum atomic E-state index is 0.374. The van der Waals surface area contributed by atoms with Gasteiger partial charge in [-0.05, 0) is 32.2 Å². The maximum atomic E-state index is 5.97. The standard InChI is InChI=1S/C13H26N2O/c1-10(2)13-5-4-6-15(13)9-12-8-14-7-11(3)16-12/h10-14H,4-9H2,1-3H3/t11-,12+,13?/m1/s1. The van der Waals surface area contributed by atoms with E-state index in [1.54, 1.807) is 0 Å². The van der Waals surface area contributed by atoms with E-state index in [0.717, 1.165) is 31.6 Å². The summed E-state index contributed by atoms with van der Waals surface area (Å²) in [5.41, 5.74) is 0. The zero-order valence-electron chi connectivity index (χ0n) is 10.9. The Kier molecular flexibility index (Phi) is 4.22. The Morgan fingerprint density at radius 3 is 2.88 bits per heavy atom. The van der Waals surface area contributed by atoms with Gasteiger partial charge in [-0.3, -0.25) is 4.90 Å². The van der Waals surface area contributed by atoms with Crippen molar-refractivity contribution in [3.63, 3.8) is 0 Å². The first kappa shape index (κ1) is 12.3. The molecule has 0 amide bonds. The van der Waals surface area contributed by atoms with Crippen molar-refractivity contribution >= 4 is 0 Å². The Labute approximate surface area is 99.5 Å². The Balaban J connectivity index is 1.83. The fourth-order valence-electron chi connectivity index (χ4n) is 3.08. The molecule has 0 spiro atoms. The summed E-state index contributed by atoms with van der Waals surface area (Å²) < 4.78 is 5.97. The molecule has 1 N–H and O–H groups in total. The van der Waals surface area contributed by atoms with Crippen molar-refractivity contribution in [1.82, 2.24) is 10.2 Å². The number of morpholine rings is 1. The van der Waals surface area contributed by atoms with Crippen LogP contribution in [0.2, 0.25) is 0 Å². The second-order valence-electron chi connectivity index (χ2n) is 5.68. The summed E-state index contributed by atoms with van der Waals surface area (Å²) in [6.45, 7) is 11.2. The molecule has 3 heteroatoms. The normalized spacial score (nSPS) is 37.1. The van der Waals surface area contributed by atoms with Crippen molar-refractivity contribution in [1.29, 1.82) is 0 Å². The zero-order chi connectivity index (χ0) is 11.5. The summed E-state index contributed by atoms with van der Waals surface area (Å²) >= 11 is 0. The first-order valence-electron chi connectivity index (χ1n) is 6.77. The van der Waals surface area contributed by atoms with Gasteiger partial charge in [0, 0.05) is 25.7 Å². The third-order valence-corrected chi connectivity index (χ3v) is 3.85. The highest BCUT2D eigenvalue weighted by atomic mass is 16.5. The molecule has 16 heavy (non-hydrogen) atoms. The van der Waals surface area contributed by atoms with Gasteiger partial charge in [-0.15, -0.1) is 0 Å². The van der Waals surface area contributed by atoms with Gasteiger partial charge in [0.05, 0.1) is 12.2 Å². The Bertz CT molecular complexity index is 220. The maximum absolute atomic E-state index is 5.97. The van der Waals surface area contributed by atoms with Crippen LogP contribution in [0.5, 0.6) is 0 Å². The molecular weight excluding hydrogens is 200 g/mol. The summed E-state index contributed by atoms with van der Waals surface area (Å²) in [6, 6.07) is 0.779. The predicted molar refractivity (Wildman–Crippen MR) is 66.6 cm³/mol. The van der Waals surface area contributed by atoms with Crippen LogP contribution >= 0.6 is 0 Å². The van der Waals surface area contributed by atoms with Gasteiger partial charge in [0.1, 0.15) is 0 Å². The highest BCUT2D eigenvalue weighted by Gasteiger charge is 2.30. The van der Waals surface area contributed by atoms with Crippen molar-refractivity contribution in [2.45, 2.75) is 51.9 Å². The SMILES string of the molecule is CC(C)C1CCCN1C[C@@H]1CNC[C@@H](C)O1.